The largest absolute Gasteiger partial charge is 0.404 e. The van der Waals surface area contributed by atoms with E-state index in [1.54, 1.807) is 6.20 Å². The minimum atomic E-state index is 0.871. The zero-order valence-corrected chi connectivity index (χ0v) is 11.2. The van der Waals surface area contributed by atoms with E-state index in [0.29, 0.717) is 0 Å². The Morgan fingerprint density at radius 1 is 1.24 bits per heavy atom. The van der Waals surface area contributed by atoms with Gasteiger partial charge in [-0.25, -0.2) is 0 Å². The molecule has 0 amide bonds. The van der Waals surface area contributed by atoms with Crippen LogP contribution in [0.3, 0.4) is 0 Å². The van der Waals surface area contributed by atoms with Crippen LogP contribution in [0.5, 0.6) is 0 Å². The van der Waals surface area contributed by atoms with Gasteiger partial charge in [-0.05, 0) is 56.7 Å². The molecule has 0 aliphatic heterocycles. The van der Waals surface area contributed by atoms with Crippen molar-refractivity contribution in [3.8, 4) is 12.3 Å². The number of rotatable bonds is 4. The maximum atomic E-state index is 5.55. The van der Waals surface area contributed by atoms with Gasteiger partial charge in [0.1, 0.15) is 0 Å². The lowest BCUT2D eigenvalue weighted by Gasteiger charge is -2.09. The van der Waals surface area contributed by atoms with Crippen molar-refractivity contribution >= 4 is 0 Å². The lowest BCUT2D eigenvalue weighted by molar-refractivity contribution is 1.29. The molecule has 0 saturated carbocycles. The van der Waals surface area contributed by atoms with Gasteiger partial charge in [0.25, 0.3) is 0 Å². The van der Waals surface area contributed by atoms with Gasteiger partial charge < -0.3 is 5.73 Å². The van der Waals surface area contributed by atoms with Crippen molar-refractivity contribution in [2.45, 2.75) is 27.7 Å². The molecule has 0 aromatic heterocycles. The molecular weight excluding hydrogens is 206 g/mol. The van der Waals surface area contributed by atoms with E-state index in [2.05, 4.69) is 12.5 Å². The Bertz CT molecular complexity index is 448. The van der Waals surface area contributed by atoms with Gasteiger partial charge in [-0.3, -0.25) is 0 Å². The van der Waals surface area contributed by atoms with Gasteiger partial charge in [-0.15, -0.1) is 6.42 Å². The molecule has 1 heteroatoms. The second-order valence-electron chi connectivity index (χ2n) is 3.78. The van der Waals surface area contributed by atoms with Gasteiger partial charge in [0.05, 0.1) is 0 Å². The summed E-state index contributed by atoms with van der Waals surface area (Å²) in [6.45, 7) is 11.8. The summed E-state index contributed by atoms with van der Waals surface area (Å²) < 4.78 is 0. The number of terminal acetylenes is 1. The van der Waals surface area contributed by atoms with E-state index in [1.807, 2.05) is 45.9 Å². The highest BCUT2D eigenvalue weighted by atomic mass is 14.5. The van der Waals surface area contributed by atoms with E-state index in [4.69, 9.17) is 12.2 Å². The Morgan fingerprint density at radius 3 is 2.12 bits per heavy atom. The smallest absolute Gasteiger partial charge is 0.0269 e. The van der Waals surface area contributed by atoms with Gasteiger partial charge in [0.15, 0.2) is 0 Å². The summed E-state index contributed by atoms with van der Waals surface area (Å²) in [6.07, 6.45) is 13.0. The maximum absolute atomic E-state index is 5.55. The molecule has 90 valence electrons. The summed E-state index contributed by atoms with van der Waals surface area (Å²) in [6, 6.07) is 0. The number of hydrogen-bond donors (Lipinski definition) is 1. The first kappa shape index (κ1) is 15.1. The first-order valence-electron chi connectivity index (χ1n) is 5.57. The van der Waals surface area contributed by atoms with Crippen LogP contribution in [0.15, 0.2) is 58.9 Å². The fraction of sp³-hybridized carbons (Fsp3) is 0.250. The molecular formula is C16H21N. The molecule has 0 unspecified atom stereocenters. The molecule has 0 radical (unpaired) electrons. The van der Waals surface area contributed by atoms with Crippen LogP contribution < -0.4 is 5.73 Å². The first-order chi connectivity index (χ1) is 8.01. The fourth-order valence-electron chi connectivity index (χ4n) is 1.47. The zero-order chi connectivity index (χ0) is 13.4. The van der Waals surface area contributed by atoms with Crippen molar-refractivity contribution in [2.75, 3.05) is 0 Å². The predicted octanol–water partition coefficient (Wildman–Crippen LogP) is 3.88. The van der Waals surface area contributed by atoms with Crippen molar-refractivity contribution in [2.24, 2.45) is 5.73 Å². The van der Waals surface area contributed by atoms with Crippen LogP contribution in [0.25, 0.3) is 0 Å². The van der Waals surface area contributed by atoms with Crippen LogP contribution in [0.2, 0.25) is 0 Å². The fourth-order valence-corrected chi connectivity index (χ4v) is 1.47. The lowest BCUT2D eigenvalue weighted by Crippen LogP contribution is -1.94. The van der Waals surface area contributed by atoms with Crippen LogP contribution in [-0.4, -0.2) is 0 Å². The molecule has 0 saturated heterocycles. The summed E-state index contributed by atoms with van der Waals surface area (Å²) in [4.78, 5) is 0. The second-order valence-corrected chi connectivity index (χ2v) is 3.78. The summed E-state index contributed by atoms with van der Waals surface area (Å²) in [7, 11) is 0. The lowest BCUT2D eigenvalue weighted by atomic mass is 9.96. The molecule has 0 aromatic rings. The van der Waals surface area contributed by atoms with Crippen molar-refractivity contribution < 1.29 is 0 Å². The zero-order valence-electron chi connectivity index (χ0n) is 11.2. The SMILES string of the molecule is C#CC(=C\C)/C(/C=C(C(=C)C)\C(C)=C/N)=C/C. The number of hydrogen-bond acceptors (Lipinski definition) is 1. The van der Waals surface area contributed by atoms with Gasteiger partial charge in [-0.1, -0.05) is 30.2 Å². The minimum absolute atomic E-state index is 0.871. The molecule has 0 aliphatic carbocycles. The minimum Gasteiger partial charge on any atom is -0.404 e. The molecule has 0 bridgehead atoms. The Kier molecular flexibility index (Phi) is 6.51. The highest BCUT2D eigenvalue weighted by molar-refractivity contribution is 5.56. The Labute approximate surface area is 105 Å². The second kappa shape index (κ2) is 7.35. The Balaban J connectivity index is 5.63. The van der Waals surface area contributed by atoms with Crippen molar-refractivity contribution in [3.05, 3.63) is 58.9 Å². The van der Waals surface area contributed by atoms with Crippen LogP contribution in [0.1, 0.15) is 27.7 Å². The van der Waals surface area contributed by atoms with E-state index in [-0.39, 0.29) is 0 Å². The molecule has 17 heavy (non-hydrogen) atoms. The van der Waals surface area contributed by atoms with E-state index in [1.165, 1.54) is 0 Å². The molecule has 0 aromatic carbocycles. The summed E-state index contributed by atoms with van der Waals surface area (Å²) in [5.74, 6) is 2.67. The van der Waals surface area contributed by atoms with Crippen LogP contribution in [0.4, 0.5) is 0 Å². The van der Waals surface area contributed by atoms with E-state index >= 15 is 0 Å². The number of nitrogens with two attached hydrogens (primary N) is 1. The highest BCUT2D eigenvalue weighted by Gasteiger charge is 2.04. The monoisotopic (exact) mass is 227 g/mol. The molecule has 0 atom stereocenters. The van der Waals surface area contributed by atoms with Crippen molar-refractivity contribution in [3.63, 3.8) is 0 Å². The maximum Gasteiger partial charge on any atom is 0.0269 e. The Hall–Kier alpha value is -1.94. The van der Waals surface area contributed by atoms with Gasteiger partial charge >= 0.3 is 0 Å². The molecule has 0 rings (SSSR count). The van der Waals surface area contributed by atoms with E-state index < -0.39 is 0 Å². The summed E-state index contributed by atoms with van der Waals surface area (Å²) in [5, 5.41) is 0. The van der Waals surface area contributed by atoms with E-state index in [0.717, 1.165) is 27.9 Å². The van der Waals surface area contributed by atoms with Crippen LogP contribution in [0, 0.1) is 12.3 Å². The third-order valence-corrected chi connectivity index (χ3v) is 2.50. The third kappa shape index (κ3) is 4.20. The Morgan fingerprint density at radius 2 is 1.82 bits per heavy atom. The van der Waals surface area contributed by atoms with Crippen LogP contribution >= 0.6 is 0 Å². The first-order valence-corrected chi connectivity index (χ1v) is 5.57. The molecule has 0 spiro atoms. The van der Waals surface area contributed by atoms with Crippen molar-refractivity contribution in [1.82, 2.24) is 0 Å². The summed E-state index contributed by atoms with van der Waals surface area (Å²) in [5.41, 5.74) is 10.4. The quantitative estimate of drug-likeness (QED) is 0.572. The van der Waals surface area contributed by atoms with Crippen molar-refractivity contribution in [1.29, 1.82) is 0 Å². The number of allylic oxidation sites excluding steroid dienone is 8. The molecule has 0 aliphatic rings. The normalized spacial score (nSPS) is 14.5. The third-order valence-electron chi connectivity index (χ3n) is 2.50. The van der Waals surface area contributed by atoms with Gasteiger partial charge in [0.2, 0.25) is 0 Å². The van der Waals surface area contributed by atoms with E-state index in [9.17, 15) is 0 Å². The highest BCUT2D eigenvalue weighted by Crippen LogP contribution is 2.22. The average Bonchev–Trinajstić information content (AvgIpc) is 2.33. The van der Waals surface area contributed by atoms with Gasteiger partial charge in [0, 0.05) is 5.57 Å². The summed E-state index contributed by atoms with van der Waals surface area (Å²) >= 11 is 0. The van der Waals surface area contributed by atoms with Gasteiger partial charge in [-0.2, -0.15) is 0 Å². The molecule has 1 nitrogen and oxygen atoms in total. The molecule has 0 heterocycles. The molecule has 2 N–H and O–H groups in total. The van der Waals surface area contributed by atoms with Crippen LogP contribution in [-0.2, 0) is 0 Å². The molecule has 0 fully saturated rings. The average molecular weight is 227 g/mol. The predicted molar refractivity (Wildman–Crippen MR) is 77.2 cm³/mol. The topological polar surface area (TPSA) is 26.0 Å². The standard InChI is InChI=1S/C16H21N/c1-7-14(8-2)15(9-3)10-16(12(4)5)13(6)11-17/h1,8-11H,4,17H2,2-3,5-6H3/b13-11-,14-8+,15-9+,16-10-.